The molecular formula is C21H20ClNO4S. The molecule has 2 amide bonds. The molecule has 2 aromatic carbocycles. The van der Waals surface area contributed by atoms with Gasteiger partial charge in [-0.15, -0.1) is 0 Å². The van der Waals surface area contributed by atoms with Crippen LogP contribution in [0.1, 0.15) is 17.5 Å². The second-order valence-electron chi connectivity index (χ2n) is 6.16. The van der Waals surface area contributed by atoms with Crippen molar-refractivity contribution < 1.29 is 19.1 Å². The summed E-state index contributed by atoms with van der Waals surface area (Å²) < 4.78 is 10.7. The Morgan fingerprint density at radius 3 is 2.46 bits per heavy atom. The summed E-state index contributed by atoms with van der Waals surface area (Å²) in [5, 5.41) is 0.450. The van der Waals surface area contributed by atoms with Crippen LogP contribution in [0, 0.1) is 0 Å². The molecule has 7 heteroatoms. The van der Waals surface area contributed by atoms with Gasteiger partial charge in [0.15, 0.2) is 0 Å². The molecule has 1 saturated heterocycles. The van der Waals surface area contributed by atoms with E-state index in [1.165, 1.54) is 4.90 Å². The lowest BCUT2D eigenvalue weighted by molar-refractivity contribution is -0.122. The van der Waals surface area contributed by atoms with E-state index in [4.69, 9.17) is 21.1 Å². The third-order valence-electron chi connectivity index (χ3n) is 4.10. The van der Waals surface area contributed by atoms with Crippen molar-refractivity contribution in [2.24, 2.45) is 0 Å². The van der Waals surface area contributed by atoms with Crippen molar-refractivity contribution in [1.29, 1.82) is 0 Å². The second kappa shape index (κ2) is 9.78. The number of thioether (sulfide) groups is 1. The van der Waals surface area contributed by atoms with Gasteiger partial charge in [0, 0.05) is 25.3 Å². The van der Waals surface area contributed by atoms with Gasteiger partial charge in [-0.1, -0.05) is 35.9 Å². The van der Waals surface area contributed by atoms with E-state index >= 15 is 0 Å². The molecule has 3 rings (SSSR count). The fourth-order valence-electron chi connectivity index (χ4n) is 2.62. The summed E-state index contributed by atoms with van der Waals surface area (Å²) in [6, 6.07) is 14.9. The van der Waals surface area contributed by atoms with E-state index in [2.05, 4.69) is 0 Å². The normalized spacial score (nSPS) is 15.5. The van der Waals surface area contributed by atoms with Crippen molar-refractivity contribution in [2.45, 2.75) is 13.0 Å². The maximum Gasteiger partial charge on any atom is 0.293 e. The van der Waals surface area contributed by atoms with Crippen LogP contribution < -0.4 is 4.74 Å². The zero-order valence-corrected chi connectivity index (χ0v) is 17.0. The first kappa shape index (κ1) is 20.5. The molecular weight excluding hydrogens is 398 g/mol. The Kier molecular flexibility index (Phi) is 7.14. The van der Waals surface area contributed by atoms with Gasteiger partial charge < -0.3 is 9.47 Å². The molecule has 0 N–H and O–H groups in total. The number of imide groups is 1. The lowest BCUT2D eigenvalue weighted by Crippen LogP contribution is -2.29. The van der Waals surface area contributed by atoms with E-state index in [9.17, 15) is 9.59 Å². The summed E-state index contributed by atoms with van der Waals surface area (Å²) >= 11 is 6.84. The zero-order valence-electron chi connectivity index (χ0n) is 15.4. The van der Waals surface area contributed by atoms with E-state index in [0.29, 0.717) is 36.1 Å². The van der Waals surface area contributed by atoms with Crippen molar-refractivity contribution in [1.82, 2.24) is 4.90 Å². The minimum Gasteiger partial charge on any atom is -0.489 e. The summed E-state index contributed by atoms with van der Waals surface area (Å²) in [5.74, 6) is 0.467. The Morgan fingerprint density at radius 2 is 1.79 bits per heavy atom. The molecule has 0 saturated carbocycles. The average molecular weight is 418 g/mol. The largest absolute Gasteiger partial charge is 0.489 e. The molecule has 5 nitrogen and oxygen atoms in total. The van der Waals surface area contributed by atoms with Gasteiger partial charge in [0.05, 0.1) is 4.91 Å². The first-order valence-electron chi connectivity index (χ1n) is 8.78. The van der Waals surface area contributed by atoms with Crippen molar-refractivity contribution in [3.63, 3.8) is 0 Å². The monoisotopic (exact) mass is 417 g/mol. The summed E-state index contributed by atoms with van der Waals surface area (Å²) in [4.78, 5) is 26.1. The lowest BCUT2D eigenvalue weighted by Gasteiger charge is -2.11. The van der Waals surface area contributed by atoms with E-state index < -0.39 is 0 Å². The zero-order chi connectivity index (χ0) is 19.9. The summed E-state index contributed by atoms with van der Waals surface area (Å²) in [6.45, 7) is 1.32. The maximum atomic E-state index is 12.4. The molecule has 0 atom stereocenters. The molecule has 0 unspecified atom stereocenters. The second-order valence-corrected chi connectivity index (χ2v) is 7.59. The lowest BCUT2D eigenvalue weighted by atomic mass is 10.2. The molecule has 2 aromatic rings. The molecule has 146 valence electrons. The van der Waals surface area contributed by atoms with Crippen LogP contribution in [0.4, 0.5) is 4.79 Å². The van der Waals surface area contributed by atoms with Crippen molar-refractivity contribution in [3.05, 3.63) is 69.6 Å². The average Bonchev–Trinajstić information content (AvgIpc) is 2.96. The highest BCUT2D eigenvalue weighted by atomic mass is 35.5. The van der Waals surface area contributed by atoms with E-state index in [1.807, 2.05) is 48.5 Å². The number of amides is 2. The molecule has 0 bridgehead atoms. The predicted molar refractivity (Wildman–Crippen MR) is 111 cm³/mol. The van der Waals surface area contributed by atoms with Crippen LogP contribution in [0.25, 0.3) is 6.08 Å². The molecule has 1 aliphatic heterocycles. The Bertz CT molecular complexity index is 865. The fourth-order valence-corrected chi connectivity index (χ4v) is 3.61. The van der Waals surface area contributed by atoms with Gasteiger partial charge in [0.25, 0.3) is 11.1 Å². The number of rotatable bonds is 8. The minimum absolute atomic E-state index is 0.240. The summed E-state index contributed by atoms with van der Waals surface area (Å²) in [7, 11) is 1.59. The number of methoxy groups -OCH3 is 1. The molecule has 0 aliphatic carbocycles. The third kappa shape index (κ3) is 5.38. The number of carbonyl (C=O) groups excluding carboxylic acids is 2. The Balaban J connectivity index is 1.59. The van der Waals surface area contributed by atoms with Crippen LogP contribution in [0.15, 0.2) is 53.4 Å². The van der Waals surface area contributed by atoms with Crippen molar-refractivity contribution >= 4 is 40.6 Å². The quantitative estimate of drug-likeness (QED) is 0.447. The topological polar surface area (TPSA) is 55.8 Å². The number of ether oxygens (including phenoxy) is 2. The molecule has 1 heterocycles. The smallest absolute Gasteiger partial charge is 0.293 e. The molecule has 0 radical (unpaired) electrons. The number of hydrogen-bond acceptors (Lipinski definition) is 5. The van der Waals surface area contributed by atoms with Crippen LogP contribution in [-0.4, -0.2) is 36.3 Å². The van der Waals surface area contributed by atoms with Gasteiger partial charge in [-0.3, -0.25) is 14.5 Å². The molecule has 0 spiro atoms. The summed E-state index contributed by atoms with van der Waals surface area (Å²) in [6.07, 6.45) is 2.35. The van der Waals surface area contributed by atoms with Gasteiger partial charge in [0.1, 0.15) is 12.4 Å². The van der Waals surface area contributed by atoms with E-state index in [1.54, 1.807) is 13.2 Å². The van der Waals surface area contributed by atoms with E-state index in [-0.39, 0.29) is 11.1 Å². The Labute approximate surface area is 173 Å². The predicted octanol–water partition coefficient (Wildman–Crippen LogP) is 4.99. The highest BCUT2D eigenvalue weighted by Crippen LogP contribution is 2.32. The van der Waals surface area contributed by atoms with Gasteiger partial charge in [-0.25, -0.2) is 0 Å². The number of carbonyl (C=O) groups is 2. The van der Waals surface area contributed by atoms with Crippen LogP contribution >= 0.6 is 23.4 Å². The SMILES string of the molecule is COCCCN1C(=O)S/C(=C/c2ccc(OCc3ccc(Cl)cc3)cc2)C1=O. The first-order valence-corrected chi connectivity index (χ1v) is 9.98. The number of nitrogens with zero attached hydrogens (tertiary/aromatic N) is 1. The highest BCUT2D eigenvalue weighted by molar-refractivity contribution is 8.18. The van der Waals surface area contributed by atoms with Crippen LogP contribution in [0.3, 0.4) is 0 Å². The standard InChI is InChI=1S/C21H20ClNO4S/c1-26-12-2-11-23-20(24)19(28-21(23)25)13-15-5-9-18(10-6-15)27-14-16-3-7-17(22)8-4-16/h3-10,13H,2,11-12,14H2,1H3/b19-13+. The Hall–Kier alpha value is -2.28. The van der Waals surface area contributed by atoms with Crippen LogP contribution in [-0.2, 0) is 16.1 Å². The van der Waals surface area contributed by atoms with Crippen molar-refractivity contribution in [2.75, 3.05) is 20.3 Å². The number of halogens is 1. The third-order valence-corrected chi connectivity index (χ3v) is 5.26. The number of hydrogen-bond donors (Lipinski definition) is 0. The first-order chi connectivity index (χ1) is 13.6. The van der Waals surface area contributed by atoms with Crippen molar-refractivity contribution in [3.8, 4) is 5.75 Å². The fraction of sp³-hybridized carbons (Fsp3) is 0.238. The Morgan fingerprint density at radius 1 is 1.07 bits per heavy atom. The molecule has 0 aromatic heterocycles. The van der Waals surface area contributed by atoms with Gasteiger partial charge >= 0.3 is 0 Å². The van der Waals surface area contributed by atoms with Crippen LogP contribution in [0.5, 0.6) is 5.75 Å². The number of benzene rings is 2. The molecule has 28 heavy (non-hydrogen) atoms. The van der Waals surface area contributed by atoms with Gasteiger partial charge in [-0.05, 0) is 59.7 Å². The molecule has 1 fully saturated rings. The maximum absolute atomic E-state index is 12.4. The van der Waals surface area contributed by atoms with E-state index in [0.717, 1.165) is 28.6 Å². The van der Waals surface area contributed by atoms with Gasteiger partial charge in [0.2, 0.25) is 0 Å². The minimum atomic E-state index is -0.255. The van der Waals surface area contributed by atoms with Gasteiger partial charge in [-0.2, -0.15) is 0 Å². The van der Waals surface area contributed by atoms with Crippen LogP contribution in [0.2, 0.25) is 5.02 Å². The summed E-state index contributed by atoms with van der Waals surface area (Å²) in [5.41, 5.74) is 1.86. The highest BCUT2D eigenvalue weighted by Gasteiger charge is 2.34. The molecule has 1 aliphatic rings.